The fourth-order valence-electron chi connectivity index (χ4n) is 2.76. The van der Waals surface area contributed by atoms with Crippen LogP contribution in [0.5, 0.6) is 0 Å². The summed E-state index contributed by atoms with van der Waals surface area (Å²) in [6.45, 7) is 6.79. The van der Waals surface area contributed by atoms with E-state index in [1.54, 1.807) is 49.9 Å². The van der Waals surface area contributed by atoms with Gasteiger partial charge in [-0.25, -0.2) is 4.79 Å². The Morgan fingerprint density at radius 1 is 1.24 bits per heavy atom. The van der Waals surface area contributed by atoms with Crippen molar-refractivity contribution < 1.29 is 14.3 Å². The Morgan fingerprint density at radius 2 is 1.84 bits per heavy atom. The van der Waals surface area contributed by atoms with Crippen LogP contribution in [0, 0.1) is 11.3 Å². The fraction of sp³-hybridized carbons (Fsp3) is 0.526. The Hall–Kier alpha value is -2.55. The second kappa shape index (κ2) is 8.02. The summed E-state index contributed by atoms with van der Waals surface area (Å²) in [5, 5.41) is 11.6. The molecule has 1 aliphatic heterocycles. The van der Waals surface area contributed by atoms with E-state index in [9.17, 15) is 9.59 Å². The number of carbonyl (C=O) groups is 2. The number of alkyl carbamates (subject to hydrolysis) is 1. The molecule has 1 saturated heterocycles. The van der Waals surface area contributed by atoms with Crippen molar-refractivity contribution in [3.63, 3.8) is 0 Å². The Morgan fingerprint density at radius 3 is 2.36 bits per heavy atom. The van der Waals surface area contributed by atoms with Gasteiger partial charge < -0.3 is 15.0 Å². The highest BCUT2D eigenvalue weighted by Crippen LogP contribution is 2.14. The van der Waals surface area contributed by atoms with Crippen molar-refractivity contribution in [2.45, 2.75) is 51.7 Å². The summed E-state index contributed by atoms with van der Waals surface area (Å²) in [4.78, 5) is 26.7. The first-order valence-corrected chi connectivity index (χ1v) is 8.56. The first-order chi connectivity index (χ1) is 11.8. The molecule has 1 fully saturated rings. The Labute approximate surface area is 148 Å². The quantitative estimate of drug-likeness (QED) is 0.911. The maximum Gasteiger partial charge on any atom is 0.408 e. The zero-order valence-electron chi connectivity index (χ0n) is 15.0. The van der Waals surface area contributed by atoms with Crippen LogP contribution < -0.4 is 5.32 Å². The molecule has 0 spiro atoms. The van der Waals surface area contributed by atoms with Gasteiger partial charge in [-0.3, -0.25) is 4.79 Å². The van der Waals surface area contributed by atoms with Crippen LogP contribution in [0.25, 0.3) is 0 Å². The summed E-state index contributed by atoms with van der Waals surface area (Å²) in [6.07, 6.45) is 1.74. The molecule has 1 N–H and O–H groups in total. The zero-order chi connectivity index (χ0) is 18.4. The summed E-state index contributed by atoms with van der Waals surface area (Å²) >= 11 is 0. The van der Waals surface area contributed by atoms with Crippen molar-refractivity contribution in [3.05, 3.63) is 35.4 Å². The highest BCUT2D eigenvalue weighted by Gasteiger charge is 2.29. The average Bonchev–Trinajstić information content (AvgIpc) is 3.07. The zero-order valence-corrected chi connectivity index (χ0v) is 15.0. The smallest absolute Gasteiger partial charge is 0.408 e. The lowest BCUT2D eigenvalue weighted by atomic mass is 10.0. The van der Waals surface area contributed by atoms with Crippen LogP contribution >= 0.6 is 0 Å². The molecule has 0 aliphatic carbocycles. The van der Waals surface area contributed by atoms with Crippen molar-refractivity contribution >= 4 is 12.0 Å². The third-order valence-corrected chi connectivity index (χ3v) is 3.93. The highest BCUT2D eigenvalue weighted by atomic mass is 16.6. The van der Waals surface area contributed by atoms with Crippen LogP contribution in [0.15, 0.2) is 24.3 Å². The summed E-state index contributed by atoms with van der Waals surface area (Å²) < 4.78 is 5.29. The molecule has 0 aromatic heterocycles. The van der Waals surface area contributed by atoms with Crippen LogP contribution in [0.2, 0.25) is 0 Å². The molecule has 2 amide bonds. The maximum absolute atomic E-state index is 12.8. The van der Waals surface area contributed by atoms with E-state index in [0.29, 0.717) is 12.0 Å². The van der Waals surface area contributed by atoms with Gasteiger partial charge in [-0.05, 0) is 51.3 Å². The molecule has 1 aromatic carbocycles. The van der Waals surface area contributed by atoms with E-state index in [1.165, 1.54) is 0 Å². The van der Waals surface area contributed by atoms with Crippen LogP contribution in [-0.2, 0) is 16.0 Å². The summed E-state index contributed by atoms with van der Waals surface area (Å²) in [5.74, 6) is -0.0901. The third-order valence-electron chi connectivity index (χ3n) is 3.93. The number of hydrogen-bond acceptors (Lipinski definition) is 4. The molecule has 0 unspecified atom stereocenters. The molecule has 1 atom stereocenters. The molecule has 134 valence electrons. The second-order valence-electron chi connectivity index (χ2n) is 7.24. The van der Waals surface area contributed by atoms with Crippen molar-refractivity contribution in [1.29, 1.82) is 5.26 Å². The van der Waals surface area contributed by atoms with Crippen molar-refractivity contribution in [1.82, 2.24) is 10.2 Å². The molecule has 6 heteroatoms. The lowest BCUT2D eigenvalue weighted by molar-refractivity contribution is -0.132. The van der Waals surface area contributed by atoms with Crippen molar-refractivity contribution in [2.75, 3.05) is 13.1 Å². The lowest BCUT2D eigenvalue weighted by Gasteiger charge is -2.26. The molecule has 0 saturated carbocycles. The molecular formula is C19H25N3O3. The highest BCUT2D eigenvalue weighted by molar-refractivity contribution is 5.86. The predicted molar refractivity (Wildman–Crippen MR) is 93.8 cm³/mol. The van der Waals surface area contributed by atoms with E-state index in [0.717, 1.165) is 31.5 Å². The molecule has 6 nitrogen and oxygen atoms in total. The minimum absolute atomic E-state index is 0.0901. The van der Waals surface area contributed by atoms with Gasteiger partial charge in [-0.1, -0.05) is 12.1 Å². The van der Waals surface area contributed by atoms with Gasteiger partial charge in [0.15, 0.2) is 0 Å². The van der Waals surface area contributed by atoms with E-state index in [1.807, 2.05) is 0 Å². The molecule has 25 heavy (non-hydrogen) atoms. The number of nitrogens with zero attached hydrogens (tertiary/aromatic N) is 2. The van der Waals surface area contributed by atoms with E-state index >= 15 is 0 Å². The third kappa shape index (κ3) is 5.79. The minimum Gasteiger partial charge on any atom is -0.444 e. The molecular weight excluding hydrogens is 318 g/mol. The standard InChI is InChI=1S/C19H25N3O3/c1-19(2,3)25-18(24)21-16(17(23)22-10-4-5-11-22)12-14-6-8-15(13-20)9-7-14/h6-9,16H,4-5,10-12H2,1-3H3,(H,21,24)/t16-/m1/s1. The molecule has 0 bridgehead atoms. The number of amides is 2. The summed E-state index contributed by atoms with van der Waals surface area (Å²) in [6, 6.07) is 8.42. The summed E-state index contributed by atoms with van der Waals surface area (Å²) in [5.41, 5.74) is 0.818. The summed E-state index contributed by atoms with van der Waals surface area (Å²) in [7, 11) is 0. The minimum atomic E-state index is -0.680. The first kappa shape index (κ1) is 18.8. The van der Waals surface area contributed by atoms with E-state index in [-0.39, 0.29) is 5.91 Å². The normalized spacial score (nSPS) is 15.4. The first-order valence-electron chi connectivity index (χ1n) is 8.56. The predicted octanol–water partition coefficient (Wildman–Crippen LogP) is 2.62. The SMILES string of the molecule is CC(C)(C)OC(=O)N[C@H](Cc1ccc(C#N)cc1)C(=O)N1CCCC1. The Balaban J connectivity index is 2.11. The van der Waals surface area contributed by atoms with Gasteiger partial charge in [0.2, 0.25) is 5.91 Å². The molecule has 2 rings (SSSR count). The van der Waals surface area contributed by atoms with Crippen LogP contribution in [0.4, 0.5) is 4.79 Å². The number of benzene rings is 1. The molecule has 1 aliphatic rings. The largest absolute Gasteiger partial charge is 0.444 e. The van der Waals surface area contributed by atoms with E-state index < -0.39 is 17.7 Å². The number of carbonyl (C=O) groups excluding carboxylic acids is 2. The van der Waals surface area contributed by atoms with Crippen LogP contribution in [-0.4, -0.2) is 41.6 Å². The molecule has 1 aromatic rings. The van der Waals surface area contributed by atoms with Gasteiger partial charge in [-0.2, -0.15) is 5.26 Å². The Bertz CT molecular complexity index is 650. The molecule has 1 heterocycles. The average molecular weight is 343 g/mol. The van der Waals surface area contributed by atoms with E-state index in [2.05, 4.69) is 11.4 Å². The van der Waals surface area contributed by atoms with Gasteiger partial charge in [0.25, 0.3) is 0 Å². The number of ether oxygens (including phenoxy) is 1. The van der Waals surface area contributed by atoms with Crippen LogP contribution in [0.3, 0.4) is 0 Å². The van der Waals surface area contributed by atoms with Crippen LogP contribution in [0.1, 0.15) is 44.7 Å². The number of nitriles is 1. The van der Waals surface area contributed by atoms with E-state index in [4.69, 9.17) is 10.00 Å². The van der Waals surface area contributed by atoms with Gasteiger partial charge in [0.05, 0.1) is 11.6 Å². The lowest BCUT2D eigenvalue weighted by Crippen LogP contribution is -2.50. The monoisotopic (exact) mass is 343 g/mol. The number of nitrogens with one attached hydrogen (secondary N) is 1. The molecule has 0 radical (unpaired) electrons. The van der Waals surface area contributed by atoms with Gasteiger partial charge >= 0.3 is 6.09 Å². The Kier molecular flexibility index (Phi) is 6.02. The van der Waals surface area contributed by atoms with Gasteiger partial charge in [-0.15, -0.1) is 0 Å². The topological polar surface area (TPSA) is 82.4 Å². The van der Waals surface area contributed by atoms with Gasteiger partial charge in [0, 0.05) is 19.5 Å². The van der Waals surface area contributed by atoms with Crippen molar-refractivity contribution in [3.8, 4) is 6.07 Å². The number of likely N-dealkylation sites (tertiary alicyclic amines) is 1. The number of rotatable bonds is 4. The van der Waals surface area contributed by atoms with Gasteiger partial charge in [0.1, 0.15) is 11.6 Å². The number of hydrogen-bond donors (Lipinski definition) is 1. The fourth-order valence-corrected chi connectivity index (χ4v) is 2.76. The maximum atomic E-state index is 12.8. The van der Waals surface area contributed by atoms with Crippen molar-refractivity contribution in [2.24, 2.45) is 0 Å². The second-order valence-corrected chi connectivity index (χ2v) is 7.24.